The van der Waals surface area contributed by atoms with Crippen molar-refractivity contribution in [3.63, 3.8) is 0 Å². The van der Waals surface area contributed by atoms with E-state index < -0.39 is 23.9 Å². The minimum absolute atomic E-state index is 0.0225. The van der Waals surface area contributed by atoms with Gasteiger partial charge in [-0.05, 0) is 48.9 Å². The summed E-state index contributed by atoms with van der Waals surface area (Å²) in [5.74, 6) is -1.04. The number of rotatable bonds is 4. The Bertz CT molecular complexity index is 1180. The van der Waals surface area contributed by atoms with Crippen molar-refractivity contribution >= 4 is 17.6 Å². The Balaban J connectivity index is 1.51. The molecule has 2 unspecified atom stereocenters. The fourth-order valence-corrected chi connectivity index (χ4v) is 4.13. The molecule has 184 valence electrons. The number of aryl methyl sites for hydroxylation is 1. The van der Waals surface area contributed by atoms with E-state index in [9.17, 15) is 18.4 Å². The van der Waals surface area contributed by atoms with Crippen LogP contribution in [0.5, 0.6) is 5.75 Å². The van der Waals surface area contributed by atoms with Crippen molar-refractivity contribution in [2.45, 2.75) is 40.0 Å². The normalized spacial score (nSPS) is 19.5. The Kier molecular flexibility index (Phi) is 7.19. The average molecular weight is 482 g/mol. The lowest BCUT2D eigenvalue weighted by Crippen LogP contribution is -2.41. The lowest BCUT2D eigenvalue weighted by molar-refractivity contribution is -0.116. The number of alkyl halides is 1. The van der Waals surface area contributed by atoms with E-state index >= 15 is 0 Å². The number of urea groups is 1. The predicted octanol–water partition coefficient (Wildman–Crippen LogP) is 5.18. The number of nitrogens with one attached hydrogen (secondary N) is 1. The highest BCUT2D eigenvalue weighted by atomic mass is 19.1. The molecule has 0 radical (unpaired) electrons. The molecule has 0 saturated heterocycles. The number of ether oxygens (including phenoxy) is 1. The number of amides is 3. The first-order valence-electron chi connectivity index (χ1n) is 11.6. The zero-order chi connectivity index (χ0) is 25.1. The maximum absolute atomic E-state index is 14.4. The van der Waals surface area contributed by atoms with Crippen molar-refractivity contribution in [2.24, 2.45) is 5.92 Å². The molecular weight excluding hydrogens is 452 g/mol. The molecule has 2 aromatic carbocycles. The molecule has 35 heavy (non-hydrogen) atoms. The van der Waals surface area contributed by atoms with Crippen LogP contribution in [-0.4, -0.2) is 36.2 Å². The minimum atomic E-state index is -1.41. The molecule has 0 spiro atoms. The van der Waals surface area contributed by atoms with Crippen LogP contribution in [0.2, 0.25) is 0 Å². The summed E-state index contributed by atoms with van der Waals surface area (Å²) in [5, 5.41) is 2.57. The Morgan fingerprint density at radius 1 is 1.20 bits per heavy atom. The summed E-state index contributed by atoms with van der Waals surface area (Å²) in [6, 6.07) is 12.9. The quantitative estimate of drug-likeness (QED) is 0.655. The van der Waals surface area contributed by atoms with Gasteiger partial charge < -0.3 is 19.9 Å². The second-order valence-corrected chi connectivity index (χ2v) is 8.94. The summed E-state index contributed by atoms with van der Waals surface area (Å²) in [4.78, 5) is 28.5. The number of nitrogens with zero attached hydrogens (tertiary/aromatic N) is 2. The number of hydrogen-bond donors (Lipinski definition) is 1. The molecule has 0 aromatic heterocycles. The van der Waals surface area contributed by atoms with Gasteiger partial charge in [-0.25, -0.2) is 13.6 Å². The number of carbonyl (C=O) groups excluding carboxylic acids is 2. The number of allylic oxidation sites excluding steroid dienone is 3. The summed E-state index contributed by atoms with van der Waals surface area (Å²) in [6.45, 7) is 6.15. The average Bonchev–Trinajstić information content (AvgIpc) is 3.05. The van der Waals surface area contributed by atoms with E-state index in [4.69, 9.17) is 4.74 Å². The highest BCUT2D eigenvalue weighted by Crippen LogP contribution is 2.29. The zero-order valence-electron chi connectivity index (χ0n) is 20.1. The van der Waals surface area contributed by atoms with E-state index in [1.807, 2.05) is 49.4 Å². The molecule has 1 aliphatic carbocycles. The van der Waals surface area contributed by atoms with Crippen LogP contribution < -0.4 is 15.0 Å². The largest absolute Gasteiger partial charge is 0.491 e. The van der Waals surface area contributed by atoms with Crippen molar-refractivity contribution in [3.8, 4) is 5.75 Å². The van der Waals surface area contributed by atoms with Crippen LogP contribution >= 0.6 is 0 Å². The van der Waals surface area contributed by atoms with E-state index in [0.29, 0.717) is 18.8 Å². The summed E-state index contributed by atoms with van der Waals surface area (Å²) in [7, 11) is 0. The molecule has 1 heterocycles. The lowest BCUT2D eigenvalue weighted by atomic mass is 9.98. The zero-order valence-corrected chi connectivity index (χ0v) is 20.1. The number of anilines is 1. The van der Waals surface area contributed by atoms with Crippen LogP contribution in [0.15, 0.2) is 66.1 Å². The number of benzene rings is 2. The van der Waals surface area contributed by atoms with Crippen LogP contribution in [-0.2, 0) is 17.9 Å². The molecule has 2 aromatic rings. The van der Waals surface area contributed by atoms with Crippen LogP contribution in [0, 0.1) is 12.8 Å². The van der Waals surface area contributed by atoms with Crippen molar-refractivity contribution in [3.05, 3.63) is 82.8 Å². The first-order chi connectivity index (χ1) is 16.7. The molecule has 2 atom stereocenters. The molecule has 0 fully saturated rings. The predicted molar refractivity (Wildman–Crippen MR) is 130 cm³/mol. The summed E-state index contributed by atoms with van der Waals surface area (Å²) < 4.78 is 34.0. The third kappa shape index (κ3) is 5.53. The van der Waals surface area contributed by atoms with Crippen molar-refractivity contribution in [1.82, 2.24) is 10.2 Å². The van der Waals surface area contributed by atoms with Gasteiger partial charge in [0.25, 0.3) is 0 Å². The molecule has 4 rings (SSSR count). The third-order valence-electron chi connectivity index (χ3n) is 6.28. The monoisotopic (exact) mass is 481 g/mol. The summed E-state index contributed by atoms with van der Waals surface area (Å²) >= 11 is 0. The molecule has 0 bridgehead atoms. The second kappa shape index (κ2) is 10.3. The van der Waals surface area contributed by atoms with Gasteiger partial charge in [0.15, 0.2) is 0 Å². The Morgan fingerprint density at radius 2 is 1.94 bits per heavy atom. The first kappa shape index (κ1) is 24.4. The van der Waals surface area contributed by atoms with Gasteiger partial charge in [-0.15, -0.1) is 0 Å². The van der Waals surface area contributed by atoms with Gasteiger partial charge in [0.1, 0.15) is 24.4 Å². The van der Waals surface area contributed by atoms with Gasteiger partial charge in [0.05, 0.1) is 25.3 Å². The van der Waals surface area contributed by atoms with Gasteiger partial charge in [-0.1, -0.05) is 30.7 Å². The minimum Gasteiger partial charge on any atom is -0.491 e. The molecule has 3 amide bonds. The maximum atomic E-state index is 14.4. The number of halogens is 2. The summed E-state index contributed by atoms with van der Waals surface area (Å²) in [5.41, 5.74) is 3.56. The van der Waals surface area contributed by atoms with E-state index in [1.165, 1.54) is 30.9 Å². The Labute approximate surface area is 203 Å². The van der Waals surface area contributed by atoms with Crippen molar-refractivity contribution in [1.29, 1.82) is 0 Å². The van der Waals surface area contributed by atoms with E-state index in [-0.39, 0.29) is 24.8 Å². The van der Waals surface area contributed by atoms with Crippen LogP contribution in [0.25, 0.3) is 0 Å². The van der Waals surface area contributed by atoms with E-state index in [2.05, 4.69) is 5.32 Å². The van der Waals surface area contributed by atoms with Crippen molar-refractivity contribution < 1.29 is 23.1 Å². The number of fused-ring (bicyclic) bond motifs is 1. The SMILES string of the molecule is CC(=O)N(Cc1ccc2c(c1)CN(C(=O)NC1=C(F)C(C)C(F)C=C1)CCO2)c1ccc(C)cc1. The van der Waals surface area contributed by atoms with Gasteiger partial charge in [-0.3, -0.25) is 4.79 Å². The standard InChI is InChI=1S/C27H29F2N3O3/c1-17-4-7-22(8-5-17)32(19(3)33)15-20-6-11-25-21(14-20)16-31(12-13-35-25)27(34)30-24-10-9-23(28)18(2)26(24)29/h4-11,14,18,23H,12-13,15-16H2,1-3H3,(H,30,34). The molecular formula is C27H29F2N3O3. The van der Waals surface area contributed by atoms with Crippen LogP contribution in [0.4, 0.5) is 19.3 Å². The highest BCUT2D eigenvalue weighted by Gasteiger charge is 2.27. The Hall–Kier alpha value is -3.68. The van der Waals surface area contributed by atoms with Gasteiger partial charge >= 0.3 is 6.03 Å². The molecule has 1 N–H and O–H groups in total. The van der Waals surface area contributed by atoms with Gasteiger partial charge in [0, 0.05) is 24.1 Å². The number of hydrogen-bond acceptors (Lipinski definition) is 3. The summed E-state index contributed by atoms with van der Waals surface area (Å²) in [6.07, 6.45) is 1.09. The lowest BCUT2D eigenvalue weighted by Gasteiger charge is -2.24. The highest BCUT2D eigenvalue weighted by molar-refractivity contribution is 5.91. The topological polar surface area (TPSA) is 61.9 Å². The molecule has 8 heteroatoms. The van der Waals surface area contributed by atoms with Gasteiger partial charge in [0.2, 0.25) is 5.91 Å². The van der Waals surface area contributed by atoms with E-state index in [0.717, 1.165) is 22.4 Å². The third-order valence-corrected chi connectivity index (χ3v) is 6.28. The first-order valence-corrected chi connectivity index (χ1v) is 11.6. The van der Waals surface area contributed by atoms with Crippen molar-refractivity contribution in [2.75, 3.05) is 18.1 Å². The molecule has 2 aliphatic rings. The van der Waals surface area contributed by atoms with Crippen LogP contribution in [0.3, 0.4) is 0 Å². The smallest absolute Gasteiger partial charge is 0.322 e. The molecule has 1 aliphatic heterocycles. The fourth-order valence-electron chi connectivity index (χ4n) is 4.13. The molecule has 0 saturated carbocycles. The fraction of sp³-hybridized carbons (Fsp3) is 0.333. The van der Waals surface area contributed by atoms with E-state index in [1.54, 1.807) is 4.90 Å². The molecule has 6 nitrogen and oxygen atoms in total. The maximum Gasteiger partial charge on any atom is 0.322 e. The van der Waals surface area contributed by atoms with Crippen LogP contribution in [0.1, 0.15) is 30.5 Å². The second-order valence-electron chi connectivity index (χ2n) is 8.94. The Morgan fingerprint density at radius 3 is 2.66 bits per heavy atom. The van der Waals surface area contributed by atoms with Gasteiger partial charge in [-0.2, -0.15) is 0 Å². The number of carbonyl (C=O) groups is 2.